The van der Waals surface area contributed by atoms with Crippen molar-refractivity contribution < 1.29 is 22.4 Å². The Morgan fingerprint density at radius 1 is 0.917 bits per heavy atom. The summed E-state index contributed by atoms with van der Waals surface area (Å²) in [6, 6.07) is 4.08. The molecule has 0 saturated heterocycles. The summed E-state index contributed by atoms with van der Waals surface area (Å²) in [5.74, 6) is 0.797. The van der Waals surface area contributed by atoms with Crippen LogP contribution < -0.4 is 9.47 Å². The quantitative estimate of drug-likeness (QED) is 0.403. The lowest BCUT2D eigenvalue weighted by Crippen LogP contribution is -2.02. The van der Waals surface area contributed by atoms with Gasteiger partial charge in [0, 0.05) is 6.07 Å². The van der Waals surface area contributed by atoms with Crippen molar-refractivity contribution in [2.24, 2.45) is 0 Å². The fourth-order valence-corrected chi connectivity index (χ4v) is 3.02. The molecule has 1 N–H and O–H groups in total. The third kappa shape index (κ3) is 8.02. The van der Waals surface area contributed by atoms with Crippen molar-refractivity contribution in [2.75, 3.05) is 13.7 Å². The topological polar surface area (TPSA) is 72.8 Å². The second-order valence-corrected chi connectivity index (χ2v) is 7.39. The minimum absolute atomic E-state index is 0.199. The first-order chi connectivity index (χ1) is 11.5. The van der Waals surface area contributed by atoms with E-state index in [-0.39, 0.29) is 4.90 Å². The first kappa shape index (κ1) is 20.8. The van der Waals surface area contributed by atoms with Crippen molar-refractivity contribution in [3.63, 3.8) is 0 Å². The van der Waals surface area contributed by atoms with Crippen molar-refractivity contribution in [1.29, 1.82) is 0 Å². The smallest absolute Gasteiger partial charge is 0.294 e. The number of unbranched alkanes of at least 4 members (excludes halogenated alkanes) is 8. The maximum absolute atomic E-state index is 11.1. The van der Waals surface area contributed by atoms with Crippen LogP contribution in [0, 0.1) is 0 Å². The molecule has 0 aliphatic rings. The molecule has 0 aliphatic carbocycles. The van der Waals surface area contributed by atoms with E-state index in [9.17, 15) is 8.42 Å². The Labute approximate surface area is 146 Å². The van der Waals surface area contributed by atoms with Crippen molar-refractivity contribution in [3.05, 3.63) is 18.2 Å². The Morgan fingerprint density at radius 3 is 2.04 bits per heavy atom. The Bertz CT molecular complexity index is 569. The zero-order valence-corrected chi connectivity index (χ0v) is 15.6. The normalized spacial score (nSPS) is 11.5. The SMILES string of the molecule is CCCCCCCCCCCOc1ccc(S(=O)(=O)O)cc1OC. The van der Waals surface area contributed by atoms with E-state index in [1.807, 2.05) is 0 Å². The van der Waals surface area contributed by atoms with Crippen LogP contribution >= 0.6 is 0 Å². The van der Waals surface area contributed by atoms with E-state index in [1.54, 1.807) is 0 Å². The van der Waals surface area contributed by atoms with E-state index in [0.29, 0.717) is 18.1 Å². The molecule has 0 aromatic heterocycles. The third-order valence-electron chi connectivity index (χ3n) is 3.94. The van der Waals surface area contributed by atoms with Gasteiger partial charge >= 0.3 is 0 Å². The van der Waals surface area contributed by atoms with Gasteiger partial charge in [-0.05, 0) is 18.6 Å². The molecule has 1 aromatic rings. The molecular weight excluding hydrogens is 328 g/mol. The minimum atomic E-state index is -4.23. The van der Waals surface area contributed by atoms with Gasteiger partial charge in [-0.25, -0.2) is 0 Å². The molecule has 6 heteroatoms. The molecule has 0 bridgehead atoms. The molecular formula is C18H30O5S. The predicted octanol–water partition coefficient (Wildman–Crippen LogP) is 4.85. The lowest BCUT2D eigenvalue weighted by atomic mass is 10.1. The zero-order valence-electron chi connectivity index (χ0n) is 14.8. The van der Waals surface area contributed by atoms with Crippen molar-refractivity contribution >= 4 is 10.1 Å². The molecule has 5 nitrogen and oxygen atoms in total. The summed E-state index contributed by atoms with van der Waals surface area (Å²) in [6.45, 7) is 2.79. The van der Waals surface area contributed by atoms with Gasteiger partial charge in [0.15, 0.2) is 11.5 Å². The van der Waals surface area contributed by atoms with Crippen molar-refractivity contribution in [1.82, 2.24) is 0 Å². The number of ether oxygens (including phenoxy) is 2. The van der Waals surface area contributed by atoms with Gasteiger partial charge in [0.1, 0.15) is 0 Å². The van der Waals surface area contributed by atoms with E-state index in [1.165, 1.54) is 70.3 Å². The Morgan fingerprint density at radius 2 is 1.50 bits per heavy atom. The highest BCUT2D eigenvalue weighted by Gasteiger charge is 2.13. The summed E-state index contributed by atoms with van der Waals surface area (Å²) in [6.07, 6.45) is 11.2. The molecule has 1 aromatic carbocycles. The van der Waals surface area contributed by atoms with Crippen LogP contribution in [0.3, 0.4) is 0 Å². The summed E-state index contributed by atoms with van der Waals surface area (Å²) in [5, 5.41) is 0. The van der Waals surface area contributed by atoms with Gasteiger partial charge in [-0.1, -0.05) is 58.3 Å². The molecule has 138 valence electrons. The van der Waals surface area contributed by atoms with Crippen LogP contribution in [0.4, 0.5) is 0 Å². The molecule has 0 radical (unpaired) electrons. The summed E-state index contributed by atoms with van der Waals surface area (Å²) in [5.41, 5.74) is 0. The van der Waals surface area contributed by atoms with Crippen LogP contribution in [0.1, 0.15) is 64.7 Å². The predicted molar refractivity (Wildman–Crippen MR) is 95.5 cm³/mol. The van der Waals surface area contributed by atoms with Gasteiger partial charge in [-0.3, -0.25) is 4.55 Å². The molecule has 0 spiro atoms. The first-order valence-electron chi connectivity index (χ1n) is 8.77. The fourth-order valence-electron chi connectivity index (χ4n) is 2.52. The number of hydrogen-bond donors (Lipinski definition) is 1. The minimum Gasteiger partial charge on any atom is -0.493 e. The standard InChI is InChI=1S/C18H30O5S/c1-3-4-5-6-7-8-9-10-11-14-23-17-13-12-16(24(19,20)21)15-18(17)22-2/h12-13,15H,3-11,14H2,1-2H3,(H,19,20,21). The van der Waals surface area contributed by atoms with Gasteiger partial charge in [0.25, 0.3) is 10.1 Å². The highest BCUT2D eigenvalue weighted by molar-refractivity contribution is 7.85. The fraction of sp³-hybridized carbons (Fsp3) is 0.667. The largest absolute Gasteiger partial charge is 0.493 e. The summed E-state index contributed by atoms with van der Waals surface area (Å²) < 4.78 is 42.0. The first-order valence-corrected chi connectivity index (χ1v) is 10.2. The zero-order chi connectivity index (χ0) is 17.8. The van der Waals surface area contributed by atoms with E-state index in [0.717, 1.165) is 12.8 Å². The molecule has 0 saturated carbocycles. The maximum Gasteiger partial charge on any atom is 0.294 e. The van der Waals surface area contributed by atoms with Gasteiger partial charge in [0.2, 0.25) is 0 Å². The van der Waals surface area contributed by atoms with Gasteiger partial charge in [-0.15, -0.1) is 0 Å². The second kappa shape index (κ2) is 11.3. The second-order valence-electron chi connectivity index (χ2n) is 5.96. The molecule has 1 rings (SSSR count). The average molecular weight is 359 g/mol. The molecule has 0 unspecified atom stereocenters. The highest BCUT2D eigenvalue weighted by Crippen LogP contribution is 2.30. The van der Waals surface area contributed by atoms with Crippen LogP contribution in [0.15, 0.2) is 23.1 Å². The van der Waals surface area contributed by atoms with E-state index >= 15 is 0 Å². The highest BCUT2D eigenvalue weighted by atomic mass is 32.2. The number of benzene rings is 1. The van der Waals surface area contributed by atoms with E-state index < -0.39 is 10.1 Å². The van der Waals surface area contributed by atoms with E-state index in [2.05, 4.69) is 6.92 Å². The van der Waals surface area contributed by atoms with Crippen molar-refractivity contribution in [2.45, 2.75) is 69.6 Å². The Kier molecular flexibility index (Phi) is 9.79. The summed E-state index contributed by atoms with van der Waals surface area (Å²) >= 11 is 0. The monoisotopic (exact) mass is 358 g/mol. The molecule has 0 aliphatic heterocycles. The third-order valence-corrected chi connectivity index (χ3v) is 4.79. The molecule has 0 heterocycles. The van der Waals surface area contributed by atoms with Gasteiger partial charge in [0.05, 0.1) is 18.6 Å². The molecule has 0 atom stereocenters. The van der Waals surface area contributed by atoms with Crippen LogP contribution in [0.25, 0.3) is 0 Å². The number of hydrogen-bond acceptors (Lipinski definition) is 4. The summed E-state index contributed by atoms with van der Waals surface area (Å²) in [7, 11) is -2.79. The van der Waals surface area contributed by atoms with Gasteiger partial charge < -0.3 is 9.47 Å². The molecule has 24 heavy (non-hydrogen) atoms. The maximum atomic E-state index is 11.1. The average Bonchev–Trinajstić information content (AvgIpc) is 2.55. The van der Waals surface area contributed by atoms with Crippen LogP contribution in [0.2, 0.25) is 0 Å². The van der Waals surface area contributed by atoms with Crippen LogP contribution in [-0.4, -0.2) is 26.7 Å². The van der Waals surface area contributed by atoms with Gasteiger partial charge in [-0.2, -0.15) is 8.42 Å². The lowest BCUT2D eigenvalue weighted by Gasteiger charge is -2.11. The molecule has 0 amide bonds. The molecule has 0 fully saturated rings. The number of methoxy groups -OCH3 is 1. The van der Waals surface area contributed by atoms with Crippen LogP contribution in [0.5, 0.6) is 11.5 Å². The van der Waals surface area contributed by atoms with E-state index in [4.69, 9.17) is 14.0 Å². The lowest BCUT2D eigenvalue weighted by molar-refractivity contribution is 0.284. The number of rotatable bonds is 13. The van der Waals surface area contributed by atoms with Crippen molar-refractivity contribution in [3.8, 4) is 11.5 Å². The van der Waals surface area contributed by atoms with Crippen LogP contribution in [-0.2, 0) is 10.1 Å². The Hall–Kier alpha value is -1.27. The Balaban J connectivity index is 2.25. The summed E-state index contributed by atoms with van der Waals surface area (Å²) in [4.78, 5) is -0.199.